The Hall–Kier alpha value is -2.64. The zero-order valence-electron chi connectivity index (χ0n) is 21.5. The van der Waals surface area contributed by atoms with Crippen LogP contribution < -0.4 is 4.74 Å². The second-order valence-corrected chi connectivity index (χ2v) is 10.9. The molecule has 196 valence electrons. The molecule has 5 rings (SSSR count). The van der Waals surface area contributed by atoms with Gasteiger partial charge in [-0.3, -0.25) is 0 Å². The lowest BCUT2D eigenvalue weighted by molar-refractivity contribution is -0.100. The quantitative estimate of drug-likeness (QED) is 0.462. The number of benzene rings is 3. The van der Waals surface area contributed by atoms with E-state index in [-0.39, 0.29) is 18.0 Å². The Morgan fingerprint density at radius 1 is 1.05 bits per heavy atom. The number of hydrogen-bond acceptors (Lipinski definition) is 6. The van der Waals surface area contributed by atoms with Crippen molar-refractivity contribution in [2.75, 3.05) is 46.9 Å². The van der Waals surface area contributed by atoms with Crippen LogP contribution in [0.5, 0.6) is 5.75 Å². The number of rotatable bonds is 6. The number of ether oxygens (including phenoxy) is 2. The van der Waals surface area contributed by atoms with Gasteiger partial charge < -0.3 is 24.4 Å². The fourth-order valence-electron chi connectivity index (χ4n) is 5.73. The number of aliphatic hydroxyl groups is 1. The normalized spacial score (nSPS) is 25.2. The predicted octanol–water partition coefficient (Wildman–Crippen LogP) is 4.96. The molecule has 37 heavy (non-hydrogen) atoms. The summed E-state index contributed by atoms with van der Waals surface area (Å²) in [5.41, 5.74) is 0.369. The maximum Gasteiger partial charge on any atom is 0.338 e. The fraction of sp³-hybridized carbons (Fsp3) is 0.433. The van der Waals surface area contributed by atoms with Crippen molar-refractivity contribution in [2.24, 2.45) is 5.92 Å². The second-order valence-electron chi connectivity index (χ2n) is 10.5. The monoisotopic (exact) mass is 522 g/mol. The molecule has 0 spiro atoms. The number of piperazine rings is 1. The van der Waals surface area contributed by atoms with Gasteiger partial charge in [-0.05, 0) is 79.0 Å². The molecule has 0 bridgehead atoms. The summed E-state index contributed by atoms with van der Waals surface area (Å²) >= 11 is 6.08. The Morgan fingerprint density at radius 3 is 2.57 bits per heavy atom. The Kier molecular flexibility index (Phi) is 7.72. The molecule has 0 amide bonds. The number of hydrogen-bond donors (Lipinski definition) is 1. The van der Waals surface area contributed by atoms with Gasteiger partial charge in [-0.1, -0.05) is 35.9 Å². The lowest BCUT2D eigenvalue weighted by Gasteiger charge is -2.46. The van der Waals surface area contributed by atoms with Crippen LogP contribution in [0.1, 0.15) is 35.2 Å². The molecule has 2 fully saturated rings. The van der Waals surface area contributed by atoms with E-state index < -0.39 is 5.60 Å². The topological polar surface area (TPSA) is 62.2 Å². The minimum Gasteiger partial charge on any atom is -0.497 e. The van der Waals surface area contributed by atoms with E-state index in [1.165, 1.54) is 0 Å². The molecular formula is C30H35ClN2O4. The van der Waals surface area contributed by atoms with Gasteiger partial charge in [0.2, 0.25) is 0 Å². The minimum absolute atomic E-state index is 0.0717. The summed E-state index contributed by atoms with van der Waals surface area (Å²) < 4.78 is 11.3. The molecule has 1 heterocycles. The van der Waals surface area contributed by atoms with Gasteiger partial charge in [0.1, 0.15) is 11.9 Å². The van der Waals surface area contributed by atoms with Gasteiger partial charge in [-0.15, -0.1) is 0 Å². The van der Waals surface area contributed by atoms with Gasteiger partial charge in [0.25, 0.3) is 0 Å². The van der Waals surface area contributed by atoms with E-state index in [0.29, 0.717) is 29.8 Å². The van der Waals surface area contributed by atoms with Crippen LogP contribution in [0, 0.1) is 5.92 Å². The Morgan fingerprint density at radius 2 is 1.81 bits per heavy atom. The summed E-state index contributed by atoms with van der Waals surface area (Å²) in [5, 5.41) is 14.9. The van der Waals surface area contributed by atoms with Gasteiger partial charge in [0.05, 0.1) is 18.3 Å². The summed E-state index contributed by atoms with van der Waals surface area (Å²) in [6.45, 7) is 4.71. The standard InChI is InChI=1S/C30H35ClN2O4/c1-32-12-14-33(15-13-32)20-25-19-28(37-29(34)23-4-3-5-26(31)17-23)10-11-30(25,35)24-8-6-22-18-27(36-2)9-7-21(22)16-24/h3-9,16-18,25,28,35H,10-15,19-20H2,1-2H3. The summed E-state index contributed by atoms with van der Waals surface area (Å²) in [5.74, 6) is 0.377. The number of carbonyl (C=O) groups is 1. The van der Waals surface area contributed by atoms with Crippen LogP contribution >= 0.6 is 11.6 Å². The van der Waals surface area contributed by atoms with E-state index >= 15 is 0 Å². The van der Waals surface area contributed by atoms with E-state index in [1.807, 2.05) is 24.3 Å². The molecule has 1 N–H and O–H groups in total. The molecule has 1 saturated heterocycles. The molecular weight excluding hydrogens is 488 g/mol. The van der Waals surface area contributed by atoms with Crippen molar-refractivity contribution in [1.82, 2.24) is 9.80 Å². The lowest BCUT2D eigenvalue weighted by atomic mass is 9.70. The molecule has 7 heteroatoms. The van der Waals surface area contributed by atoms with Crippen LogP contribution in [0.4, 0.5) is 0 Å². The number of likely N-dealkylation sites (N-methyl/N-ethyl adjacent to an activating group) is 1. The molecule has 1 aliphatic heterocycles. The molecule has 3 unspecified atom stereocenters. The third-order valence-corrected chi connectivity index (χ3v) is 8.26. The zero-order chi connectivity index (χ0) is 26.0. The van der Waals surface area contributed by atoms with Crippen molar-refractivity contribution >= 4 is 28.3 Å². The summed E-state index contributed by atoms with van der Waals surface area (Å²) in [4.78, 5) is 17.6. The lowest BCUT2D eigenvalue weighted by Crippen LogP contribution is -2.52. The molecule has 6 nitrogen and oxygen atoms in total. The summed E-state index contributed by atoms with van der Waals surface area (Å²) in [6.07, 6.45) is 1.48. The number of fused-ring (bicyclic) bond motifs is 1. The van der Waals surface area contributed by atoms with Crippen LogP contribution in [-0.4, -0.2) is 73.9 Å². The molecule has 3 aromatic rings. The van der Waals surface area contributed by atoms with E-state index in [2.05, 4.69) is 29.0 Å². The Labute approximate surface area is 223 Å². The van der Waals surface area contributed by atoms with Crippen LogP contribution in [-0.2, 0) is 10.3 Å². The van der Waals surface area contributed by atoms with E-state index in [4.69, 9.17) is 21.1 Å². The highest BCUT2D eigenvalue weighted by Gasteiger charge is 2.45. The summed E-state index contributed by atoms with van der Waals surface area (Å²) in [7, 11) is 3.81. The average molecular weight is 523 g/mol. The largest absolute Gasteiger partial charge is 0.497 e. The van der Waals surface area contributed by atoms with E-state index in [0.717, 1.165) is 54.8 Å². The number of methoxy groups -OCH3 is 1. The van der Waals surface area contributed by atoms with Crippen LogP contribution in [0.3, 0.4) is 0 Å². The molecule has 3 atom stereocenters. The van der Waals surface area contributed by atoms with Crippen LogP contribution in [0.15, 0.2) is 60.7 Å². The van der Waals surface area contributed by atoms with Gasteiger partial charge in [-0.2, -0.15) is 0 Å². The van der Waals surface area contributed by atoms with Gasteiger partial charge >= 0.3 is 5.97 Å². The zero-order valence-corrected chi connectivity index (χ0v) is 22.3. The number of esters is 1. The highest BCUT2D eigenvalue weighted by atomic mass is 35.5. The molecule has 2 aliphatic rings. The maximum absolute atomic E-state index is 12.9. The average Bonchev–Trinajstić information content (AvgIpc) is 2.91. The Bertz CT molecular complexity index is 1260. The number of carbonyl (C=O) groups excluding carboxylic acids is 1. The first kappa shape index (κ1) is 26.0. The van der Waals surface area contributed by atoms with E-state index in [1.54, 1.807) is 31.4 Å². The highest BCUT2D eigenvalue weighted by molar-refractivity contribution is 6.30. The molecule has 0 radical (unpaired) electrons. The molecule has 0 aromatic heterocycles. The fourth-order valence-corrected chi connectivity index (χ4v) is 5.92. The Balaban J connectivity index is 1.39. The third-order valence-electron chi connectivity index (χ3n) is 8.03. The maximum atomic E-state index is 12.9. The van der Waals surface area contributed by atoms with Gasteiger partial charge in [-0.25, -0.2) is 4.79 Å². The number of nitrogens with zero attached hydrogens (tertiary/aromatic N) is 2. The smallest absolute Gasteiger partial charge is 0.338 e. The van der Waals surface area contributed by atoms with Crippen molar-refractivity contribution < 1.29 is 19.4 Å². The minimum atomic E-state index is -1.00. The molecule has 3 aromatic carbocycles. The predicted molar refractivity (Wildman–Crippen MR) is 146 cm³/mol. The van der Waals surface area contributed by atoms with Crippen molar-refractivity contribution in [3.05, 3.63) is 76.8 Å². The SMILES string of the molecule is COc1ccc2cc(C3(O)CCC(OC(=O)c4cccc(Cl)c4)CC3CN3CCN(C)CC3)ccc2c1. The van der Waals surface area contributed by atoms with Crippen molar-refractivity contribution in [3.8, 4) is 5.75 Å². The van der Waals surface area contributed by atoms with Crippen LogP contribution in [0.2, 0.25) is 5.02 Å². The van der Waals surface area contributed by atoms with Crippen molar-refractivity contribution in [1.29, 1.82) is 0 Å². The van der Waals surface area contributed by atoms with Gasteiger partial charge in [0.15, 0.2) is 0 Å². The van der Waals surface area contributed by atoms with Crippen molar-refractivity contribution in [3.63, 3.8) is 0 Å². The van der Waals surface area contributed by atoms with Crippen LogP contribution in [0.25, 0.3) is 10.8 Å². The number of halogens is 1. The first-order chi connectivity index (χ1) is 17.8. The molecule has 1 saturated carbocycles. The third kappa shape index (κ3) is 5.78. The van der Waals surface area contributed by atoms with E-state index in [9.17, 15) is 9.90 Å². The summed E-state index contributed by atoms with van der Waals surface area (Å²) in [6, 6.07) is 19.0. The molecule has 1 aliphatic carbocycles. The van der Waals surface area contributed by atoms with Gasteiger partial charge in [0, 0.05) is 43.7 Å². The van der Waals surface area contributed by atoms with Crippen molar-refractivity contribution in [2.45, 2.75) is 31.0 Å². The highest BCUT2D eigenvalue weighted by Crippen LogP contribution is 2.44. The second kappa shape index (κ2) is 11.0. The first-order valence-corrected chi connectivity index (χ1v) is 13.4. The first-order valence-electron chi connectivity index (χ1n) is 13.0.